The Kier molecular flexibility index (Phi) is 2.14. The first-order chi connectivity index (χ1) is 6.22. The summed E-state index contributed by atoms with van der Waals surface area (Å²) in [5, 5.41) is 4.54. The number of hydrogen-bond acceptors (Lipinski definition) is 2. The molecule has 0 N–H and O–H groups in total. The molecular formula is C8H7Cl2N3. The molecule has 0 aromatic carbocycles. The molecule has 5 heteroatoms. The van der Waals surface area contributed by atoms with Gasteiger partial charge in [0.25, 0.3) is 0 Å². The molecule has 0 fully saturated rings. The van der Waals surface area contributed by atoms with Crippen LogP contribution in [0.5, 0.6) is 0 Å². The van der Waals surface area contributed by atoms with Crippen molar-refractivity contribution in [1.29, 1.82) is 0 Å². The van der Waals surface area contributed by atoms with Crippen LogP contribution in [-0.2, 0) is 5.88 Å². The molecule has 2 aromatic rings. The Labute approximate surface area is 85.3 Å². The van der Waals surface area contributed by atoms with E-state index in [-0.39, 0.29) is 0 Å². The van der Waals surface area contributed by atoms with Crippen LogP contribution in [0.25, 0.3) is 5.65 Å². The molecule has 0 aliphatic rings. The lowest BCUT2D eigenvalue weighted by atomic mass is 10.4. The second-order valence-electron chi connectivity index (χ2n) is 2.70. The van der Waals surface area contributed by atoms with Gasteiger partial charge in [-0.15, -0.1) is 11.6 Å². The molecule has 0 aliphatic heterocycles. The Morgan fingerprint density at radius 3 is 2.92 bits per heavy atom. The van der Waals surface area contributed by atoms with E-state index < -0.39 is 0 Å². The highest BCUT2D eigenvalue weighted by molar-refractivity contribution is 6.29. The fourth-order valence-corrected chi connectivity index (χ4v) is 1.67. The van der Waals surface area contributed by atoms with Crippen LogP contribution in [0.1, 0.15) is 11.4 Å². The summed E-state index contributed by atoms with van der Waals surface area (Å²) in [6.07, 6.45) is 0. The monoisotopic (exact) mass is 215 g/mol. The Hall–Kier alpha value is -0.800. The van der Waals surface area contributed by atoms with E-state index in [2.05, 4.69) is 10.1 Å². The quantitative estimate of drug-likeness (QED) is 0.685. The fourth-order valence-electron chi connectivity index (χ4n) is 1.22. The lowest BCUT2D eigenvalue weighted by Crippen LogP contribution is -1.96. The van der Waals surface area contributed by atoms with E-state index in [1.807, 2.05) is 13.0 Å². The van der Waals surface area contributed by atoms with Crippen LogP contribution in [0, 0.1) is 6.92 Å². The van der Waals surface area contributed by atoms with Gasteiger partial charge >= 0.3 is 0 Å². The summed E-state index contributed by atoms with van der Waals surface area (Å²) < 4.78 is 1.67. The summed E-state index contributed by atoms with van der Waals surface area (Å²) in [4.78, 5) is 4.28. The van der Waals surface area contributed by atoms with Crippen LogP contribution in [0.4, 0.5) is 0 Å². The number of aryl methyl sites for hydroxylation is 1. The molecule has 0 bridgehead atoms. The van der Waals surface area contributed by atoms with Gasteiger partial charge in [0.1, 0.15) is 5.15 Å². The Morgan fingerprint density at radius 1 is 1.46 bits per heavy atom. The van der Waals surface area contributed by atoms with Gasteiger partial charge in [-0.3, -0.25) is 0 Å². The highest BCUT2D eigenvalue weighted by atomic mass is 35.5. The first-order valence-corrected chi connectivity index (χ1v) is 4.70. The number of alkyl halides is 1. The van der Waals surface area contributed by atoms with E-state index in [0.717, 1.165) is 17.0 Å². The van der Waals surface area contributed by atoms with E-state index in [4.69, 9.17) is 23.2 Å². The number of aromatic nitrogens is 3. The van der Waals surface area contributed by atoms with Gasteiger partial charge in [0.15, 0.2) is 5.65 Å². The zero-order chi connectivity index (χ0) is 9.42. The lowest BCUT2D eigenvalue weighted by molar-refractivity contribution is 0.887. The van der Waals surface area contributed by atoms with E-state index >= 15 is 0 Å². The minimum Gasteiger partial charge on any atom is -0.232 e. The van der Waals surface area contributed by atoms with Crippen LogP contribution in [0.3, 0.4) is 0 Å². The number of halogens is 2. The smallest absolute Gasteiger partial charge is 0.154 e. The Balaban J connectivity index is 2.80. The number of rotatable bonds is 1. The standard InChI is InChI=1S/C8H7Cl2N3/c1-5-6(4-9)13-8(11-5)3-2-7(10)12-13/h2-3H,4H2,1H3. The molecule has 68 valence electrons. The van der Waals surface area contributed by atoms with Crippen molar-refractivity contribution in [2.24, 2.45) is 0 Å². The molecule has 0 radical (unpaired) electrons. The van der Waals surface area contributed by atoms with Gasteiger partial charge in [-0.05, 0) is 19.1 Å². The van der Waals surface area contributed by atoms with Crippen molar-refractivity contribution >= 4 is 28.8 Å². The summed E-state index contributed by atoms with van der Waals surface area (Å²) in [5.74, 6) is 0.389. The maximum atomic E-state index is 5.76. The molecule has 0 spiro atoms. The van der Waals surface area contributed by atoms with Crippen molar-refractivity contribution in [3.63, 3.8) is 0 Å². The average Bonchev–Trinajstić information content (AvgIpc) is 2.40. The van der Waals surface area contributed by atoms with Crippen molar-refractivity contribution in [2.45, 2.75) is 12.8 Å². The van der Waals surface area contributed by atoms with E-state index in [0.29, 0.717) is 11.0 Å². The van der Waals surface area contributed by atoms with Gasteiger partial charge in [0.2, 0.25) is 0 Å². The molecule has 3 nitrogen and oxygen atoms in total. The van der Waals surface area contributed by atoms with Crippen LogP contribution >= 0.6 is 23.2 Å². The molecule has 0 aliphatic carbocycles. The van der Waals surface area contributed by atoms with Gasteiger partial charge in [0, 0.05) is 0 Å². The summed E-state index contributed by atoms with van der Waals surface area (Å²) in [5.41, 5.74) is 2.56. The predicted octanol–water partition coefficient (Wildman–Crippen LogP) is 2.43. The number of nitrogens with zero attached hydrogens (tertiary/aromatic N) is 3. The highest BCUT2D eigenvalue weighted by Gasteiger charge is 2.08. The molecule has 2 aromatic heterocycles. The maximum absolute atomic E-state index is 5.76. The van der Waals surface area contributed by atoms with Crippen molar-refractivity contribution in [3.8, 4) is 0 Å². The SMILES string of the molecule is Cc1nc2ccc(Cl)nn2c1CCl. The van der Waals surface area contributed by atoms with Crippen LogP contribution < -0.4 is 0 Å². The van der Waals surface area contributed by atoms with E-state index in [9.17, 15) is 0 Å². The minimum atomic E-state index is 0.389. The Morgan fingerprint density at radius 2 is 2.23 bits per heavy atom. The molecule has 0 saturated heterocycles. The first-order valence-electron chi connectivity index (χ1n) is 3.79. The Bertz CT molecular complexity index is 450. The largest absolute Gasteiger partial charge is 0.232 e. The molecule has 2 rings (SSSR count). The summed E-state index contributed by atoms with van der Waals surface area (Å²) >= 11 is 11.5. The highest BCUT2D eigenvalue weighted by Crippen LogP contribution is 2.14. The minimum absolute atomic E-state index is 0.389. The molecule has 2 heterocycles. The third-order valence-corrected chi connectivity index (χ3v) is 2.32. The van der Waals surface area contributed by atoms with Crippen LogP contribution in [-0.4, -0.2) is 14.6 Å². The third kappa shape index (κ3) is 1.38. The second kappa shape index (κ2) is 3.16. The number of hydrogen-bond donors (Lipinski definition) is 0. The fraction of sp³-hybridized carbons (Fsp3) is 0.250. The normalized spacial score (nSPS) is 11.0. The number of fused-ring (bicyclic) bond motifs is 1. The maximum Gasteiger partial charge on any atom is 0.154 e. The molecule has 0 unspecified atom stereocenters. The van der Waals surface area contributed by atoms with Crippen LogP contribution in [0.2, 0.25) is 5.15 Å². The van der Waals surface area contributed by atoms with Gasteiger partial charge in [-0.25, -0.2) is 9.50 Å². The van der Waals surface area contributed by atoms with Gasteiger partial charge in [0.05, 0.1) is 17.3 Å². The average molecular weight is 216 g/mol. The topological polar surface area (TPSA) is 30.2 Å². The van der Waals surface area contributed by atoms with Crippen molar-refractivity contribution in [1.82, 2.24) is 14.6 Å². The summed E-state index contributed by atoms with van der Waals surface area (Å²) in [7, 11) is 0. The predicted molar refractivity (Wildman–Crippen MR) is 52.3 cm³/mol. The van der Waals surface area contributed by atoms with E-state index in [1.54, 1.807) is 10.6 Å². The van der Waals surface area contributed by atoms with Gasteiger partial charge in [-0.1, -0.05) is 11.6 Å². The number of imidazole rings is 1. The third-order valence-electron chi connectivity index (χ3n) is 1.86. The van der Waals surface area contributed by atoms with Gasteiger partial charge < -0.3 is 0 Å². The first kappa shape index (κ1) is 8.78. The molecule has 0 saturated carbocycles. The molecule has 13 heavy (non-hydrogen) atoms. The zero-order valence-corrected chi connectivity index (χ0v) is 8.47. The van der Waals surface area contributed by atoms with Crippen molar-refractivity contribution in [2.75, 3.05) is 0 Å². The van der Waals surface area contributed by atoms with Crippen molar-refractivity contribution in [3.05, 3.63) is 28.7 Å². The van der Waals surface area contributed by atoms with E-state index in [1.165, 1.54) is 0 Å². The summed E-state index contributed by atoms with van der Waals surface area (Å²) in [6.45, 7) is 1.90. The second-order valence-corrected chi connectivity index (χ2v) is 3.36. The van der Waals surface area contributed by atoms with Crippen molar-refractivity contribution < 1.29 is 0 Å². The molecule has 0 atom stereocenters. The van der Waals surface area contributed by atoms with Gasteiger partial charge in [-0.2, -0.15) is 5.10 Å². The molecular weight excluding hydrogens is 209 g/mol. The molecule has 0 amide bonds. The lowest BCUT2D eigenvalue weighted by Gasteiger charge is -1.96. The zero-order valence-electron chi connectivity index (χ0n) is 6.96. The summed E-state index contributed by atoms with van der Waals surface area (Å²) in [6, 6.07) is 3.53. The van der Waals surface area contributed by atoms with Crippen LogP contribution in [0.15, 0.2) is 12.1 Å².